The van der Waals surface area contributed by atoms with E-state index in [9.17, 15) is 5.11 Å². The molecule has 0 aromatic rings. The van der Waals surface area contributed by atoms with Crippen LogP contribution in [0.5, 0.6) is 0 Å². The minimum atomic E-state index is -0.372. The first kappa shape index (κ1) is 15.8. The normalized spacial score (nSPS) is 39.1. The van der Waals surface area contributed by atoms with Crippen LogP contribution in [0.25, 0.3) is 0 Å². The van der Waals surface area contributed by atoms with Crippen LogP contribution >= 0.6 is 0 Å². The highest BCUT2D eigenvalue weighted by molar-refractivity contribution is 5.01. The SMILES string of the molecule is CC(C)NC[C@H](O)COCCC12CC3CC(CC(C3)C1)C2. The van der Waals surface area contributed by atoms with Gasteiger partial charge in [0.25, 0.3) is 0 Å². The van der Waals surface area contributed by atoms with Gasteiger partial charge in [-0.25, -0.2) is 0 Å². The van der Waals surface area contributed by atoms with Crippen LogP contribution in [0.3, 0.4) is 0 Å². The average molecular weight is 295 g/mol. The lowest BCUT2D eigenvalue weighted by Crippen LogP contribution is -2.46. The molecule has 4 rings (SSSR count). The molecule has 0 heterocycles. The summed E-state index contributed by atoms with van der Waals surface area (Å²) in [6.45, 7) is 6.15. The largest absolute Gasteiger partial charge is 0.389 e. The van der Waals surface area contributed by atoms with Crippen molar-refractivity contribution in [1.29, 1.82) is 0 Å². The summed E-state index contributed by atoms with van der Waals surface area (Å²) < 4.78 is 5.78. The maximum Gasteiger partial charge on any atom is 0.0897 e. The number of aliphatic hydroxyl groups is 1. The Kier molecular flexibility index (Phi) is 4.92. The molecule has 3 heteroatoms. The molecule has 1 atom stereocenters. The first-order valence-electron chi connectivity index (χ1n) is 9.04. The topological polar surface area (TPSA) is 41.5 Å². The zero-order valence-corrected chi connectivity index (χ0v) is 13.8. The minimum absolute atomic E-state index is 0.372. The summed E-state index contributed by atoms with van der Waals surface area (Å²) in [6, 6.07) is 0.423. The number of nitrogens with one attached hydrogen (secondary N) is 1. The molecule has 0 aromatic carbocycles. The lowest BCUT2D eigenvalue weighted by Gasteiger charge is -2.57. The molecule has 3 nitrogen and oxygen atoms in total. The molecule has 4 bridgehead atoms. The molecular formula is C18H33NO2. The van der Waals surface area contributed by atoms with Gasteiger partial charge in [0, 0.05) is 19.2 Å². The van der Waals surface area contributed by atoms with Gasteiger partial charge in [0.2, 0.25) is 0 Å². The first-order valence-corrected chi connectivity index (χ1v) is 9.04. The van der Waals surface area contributed by atoms with Crippen molar-refractivity contribution in [2.45, 2.75) is 70.9 Å². The van der Waals surface area contributed by atoms with Crippen LogP contribution in [0.2, 0.25) is 0 Å². The van der Waals surface area contributed by atoms with Crippen LogP contribution in [0.15, 0.2) is 0 Å². The van der Waals surface area contributed by atoms with Gasteiger partial charge in [-0.15, -0.1) is 0 Å². The maximum atomic E-state index is 9.87. The predicted octanol–water partition coefficient (Wildman–Crippen LogP) is 2.97. The highest BCUT2D eigenvalue weighted by Gasteiger charge is 2.50. The molecule has 2 N–H and O–H groups in total. The molecule has 4 aliphatic carbocycles. The second kappa shape index (κ2) is 6.55. The van der Waals surface area contributed by atoms with E-state index in [-0.39, 0.29) is 6.10 Å². The Labute approximate surface area is 129 Å². The lowest BCUT2D eigenvalue weighted by molar-refractivity contribution is -0.0730. The Morgan fingerprint density at radius 2 is 1.67 bits per heavy atom. The molecule has 4 saturated carbocycles. The lowest BCUT2D eigenvalue weighted by atomic mass is 9.49. The summed E-state index contributed by atoms with van der Waals surface area (Å²) in [5.41, 5.74) is 0.607. The average Bonchev–Trinajstić information content (AvgIpc) is 2.40. The predicted molar refractivity (Wildman–Crippen MR) is 85.2 cm³/mol. The minimum Gasteiger partial charge on any atom is -0.389 e. The summed E-state index contributed by atoms with van der Waals surface area (Å²) in [5.74, 6) is 3.08. The standard InChI is InChI=1S/C18H33NO2/c1-13(2)19-11-17(20)12-21-4-3-18-8-14-5-15(9-18)7-16(6-14)10-18/h13-17,19-20H,3-12H2,1-2H3/t14?,15?,16?,17-,18?/m0/s1. The van der Waals surface area contributed by atoms with Gasteiger partial charge in [-0.05, 0) is 68.1 Å². The third kappa shape index (κ3) is 4.00. The monoisotopic (exact) mass is 295 g/mol. The van der Waals surface area contributed by atoms with E-state index >= 15 is 0 Å². The highest BCUT2D eigenvalue weighted by Crippen LogP contribution is 2.61. The molecule has 0 spiro atoms. The van der Waals surface area contributed by atoms with E-state index in [2.05, 4.69) is 19.2 Å². The Balaban J connectivity index is 1.36. The van der Waals surface area contributed by atoms with E-state index < -0.39 is 0 Å². The Morgan fingerprint density at radius 3 is 2.19 bits per heavy atom. The van der Waals surface area contributed by atoms with Crippen molar-refractivity contribution in [1.82, 2.24) is 5.32 Å². The van der Waals surface area contributed by atoms with Crippen molar-refractivity contribution < 1.29 is 9.84 Å². The molecule has 0 unspecified atom stereocenters. The number of aliphatic hydroxyl groups excluding tert-OH is 1. The molecule has 122 valence electrons. The molecule has 0 amide bonds. The van der Waals surface area contributed by atoms with Gasteiger partial charge >= 0.3 is 0 Å². The Morgan fingerprint density at radius 1 is 1.10 bits per heavy atom. The fourth-order valence-corrected chi connectivity index (χ4v) is 5.53. The number of hydrogen-bond donors (Lipinski definition) is 2. The van der Waals surface area contributed by atoms with Crippen molar-refractivity contribution >= 4 is 0 Å². The maximum absolute atomic E-state index is 9.87. The van der Waals surface area contributed by atoms with Crippen molar-refractivity contribution in [3.63, 3.8) is 0 Å². The second-order valence-electron chi connectivity index (χ2n) is 8.46. The van der Waals surface area contributed by atoms with Crippen molar-refractivity contribution in [2.24, 2.45) is 23.2 Å². The van der Waals surface area contributed by atoms with E-state index in [4.69, 9.17) is 4.74 Å². The van der Waals surface area contributed by atoms with E-state index in [1.165, 1.54) is 44.9 Å². The number of rotatable bonds is 8. The Hall–Kier alpha value is -0.120. The van der Waals surface area contributed by atoms with Gasteiger partial charge in [-0.2, -0.15) is 0 Å². The van der Waals surface area contributed by atoms with Crippen LogP contribution in [-0.2, 0) is 4.74 Å². The zero-order valence-electron chi connectivity index (χ0n) is 13.8. The van der Waals surface area contributed by atoms with Crippen LogP contribution in [0.1, 0.15) is 58.8 Å². The van der Waals surface area contributed by atoms with Gasteiger partial charge in [0.1, 0.15) is 0 Å². The van der Waals surface area contributed by atoms with Crippen LogP contribution < -0.4 is 5.32 Å². The summed E-state index contributed by atoms with van der Waals surface area (Å²) in [7, 11) is 0. The summed E-state index contributed by atoms with van der Waals surface area (Å²) in [6.07, 6.45) is 9.77. The van der Waals surface area contributed by atoms with Gasteiger partial charge in [0.05, 0.1) is 12.7 Å². The molecule has 0 aliphatic heterocycles. The van der Waals surface area contributed by atoms with E-state index in [0.29, 0.717) is 24.6 Å². The molecule has 0 aromatic heterocycles. The summed E-state index contributed by atoms with van der Waals surface area (Å²) in [4.78, 5) is 0. The molecule has 21 heavy (non-hydrogen) atoms. The van der Waals surface area contributed by atoms with E-state index in [0.717, 1.165) is 24.4 Å². The van der Waals surface area contributed by atoms with Crippen molar-refractivity contribution in [3.8, 4) is 0 Å². The van der Waals surface area contributed by atoms with E-state index in [1.807, 2.05) is 0 Å². The fourth-order valence-electron chi connectivity index (χ4n) is 5.53. The summed E-state index contributed by atoms with van der Waals surface area (Å²) >= 11 is 0. The molecule has 0 saturated heterocycles. The third-order valence-electron chi connectivity index (χ3n) is 6.01. The molecule has 0 radical (unpaired) electrons. The van der Waals surface area contributed by atoms with Crippen LogP contribution in [0, 0.1) is 23.2 Å². The van der Waals surface area contributed by atoms with E-state index in [1.54, 1.807) is 0 Å². The molecular weight excluding hydrogens is 262 g/mol. The smallest absolute Gasteiger partial charge is 0.0897 e. The zero-order chi connectivity index (χ0) is 14.9. The highest BCUT2D eigenvalue weighted by atomic mass is 16.5. The van der Waals surface area contributed by atoms with Crippen LogP contribution in [0.4, 0.5) is 0 Å². The van der Waals surface area contributed by atoms with Crippen LogP contribution in [-0.4, -0.2) is 37.0 Å². The summed E-state index contributed by atoms with van der Waals surface area (Å²) in [5, 5.41) is 13.1. The number of hydrogen-bond acceptors (Lipinski definition) is 3. The fraction of sp³-hybridized carbons (Fsp3) is 1.00. The Bertz CT molecular complexity index is 307. The second-order valence-corrected chi connectivity index (χ2v) is 8.46. The van der Waals surface area contributed by atoms with Crippen molar-refractivity contribution in [3.05, 3.63) is 0 Å². The first-order chi connectivity index (χ1) is 10.0. The molecule has 4 fully saturated rings. The number of ether oxygens (including phenoxy) is 1. The molecule has 4 aliphatic rings. The van der Waals surface area contributed by atoms with Gasteiger partial charge in [-0.1, -0.05) is 13.8 Å². The van der Waals surface area contributed by atoms with Crippen molar-refractivity contribution in [2.75, 3.05) is 19.8 Å². The third-order valence-corrected chi connectivity index (χ3v) is 6.01. The quantitative estimate of drug-likeness (QED) is 0.677. The van der Waals surface area contributed by atoms with Gasteiger partial charge in [-0.3, -0.25) is 0 Å². The van der Waals surface area contributed by atoms with Gasteiger partial charge in [0.15, 0.2) is 0 Å². The van der Waals surface area contributed by atoms with Gasteiger partial charge < -0.3 is 15.2 Å².